The molecule has 0 aliphatic heterocycles. The van der Waals surface area contributed by atoms with Crippen LogP contribution in [0.15, 0.2) is 28.0 Å². The summed E-state index contributed by atoms with van der Waals surface area (Å²) in [5.74, 6) is 1.62. The predicted octanol–water partition coefficient (Wildman–Crippen LogP) is 2.47. The number of aromatic nitrogens is 5. The molecule has 1 N–H and O–H groups in total. The Morgan fingerprint density at radius 2 is 2.32 bits per heavy atom. The Bertz CT molecular complexity index is 704. The first-order valence-electron chi connectivity index (χ1n) is 5.82. The Hall–Kier alpha value is -1.67. The van der Waals surface area contributed by atoms with Crippen molar-refractivity contribution in [2.24, 2.45) is 0 Å². The van der Waals surface area contributed by atoms with E-state index in [1.165, 1.54) is 23.3 Å². The van der Waals surface area contributed by atoms with Gasteiger partial charge in [-0.25, -0.2) is 15.0 Å². The third-order valence-corrected chi connectivity index (χ3v) is 4.20. The van der Waals surface area contributed by atoms with Gasteiger partial charge in [-0.1, -0.05) is 0 Å². The second-order valence-corrected chi connectivity index (χ2v) is 5.82. The third-order valence-electron chi connectivity index (χ3n) is 2.39. The average molecular weight is 292 g/mol. The van der Waals surface area contributed by atoms with Crippen molar-refractivity contribution < 1.29 is 0 Å². The first-order valence-corrected chi connectivity index (χ1v) is 7.41. The number of nitrogens with zero attached hydrogens (tertiary/aromatic N) is 5. The summed E-state index contributed by atoms with van der Waals surface area (Å²) in [6.45, 7) is 4.75. The molecule has 19 heavy (non-hydrogen) atoms. The third kappa shape index (κ3) is 2.54. The van der Waals surface area contributed by atoms with Gasteiger partial charge < -0.3 is 9.72 Å². The van der Waals surface area contributed by atoms with E-state index in [0.717, 1.165) is 33.2 Å². The van der Waals surface area contributed by atoms with Gasteiger partial charge in [0.15, 0.2) is 9.99 Å². The molecule has 3 rings (SSSR count). The minimum Gasteiger partial charge on any atom is -0.369 e. The van der Waals surface area contributed by atoms with Crippen LogP contribution < -0.4 is 5.32 Å². The number of aryl methyl sites for hydroxylation is 1. The van der Waals surface area contributed by atoms with Gasteiger partial charge in [0.1, 0.15) is 16.7 Å². The van der Waals surface area contributed by atoms with E-state index < -0.39 is 0 Å². The molecule has 0 aliphatic carbocycles. The van der Waals surface area contributed by atoms with Gasteiger partial charge in [0, 0.05) is 18.9 Å². The lowest BCUT2D eigenvalue weighted by Crippen LogP contribution is -2.02. The second-order valence-electron chi connectivity index (χ2n) is 3.83. The lowest BCUT2D eigenvalue weighted by molar-refractivity contribution is 1.01. The van der Waals surface area contributed by atoms with Gasteiger partial charge in [-0.15, -0.1) is 0 Å². The summed E-state index contributed by atoms with van der Waals surface area (Å²) in [5.41, 5.74) is 0.833. The molecular weight excluding hydrogens is 280 g/mol. The normalized spacial score (nSPS) is 11.1. The summed E-state index contributed by atoms with van der Waals surface area (Å²) in [4.78, 5) is 13.3. The van der Waals surface area contributed by atoms with Crippen LogP contribution >= 0.6 is 23.3 Å². The monoisotopic (exact) mass is 292 g/mol. The Morgan fingerprint density at radius 3 is 3.05 bits per heavy atom. The quantitative estimate of drug-likeness (QED) is 0.796. The van der Waals surface area contributed by atoms with E-state index in [0.29, 0.717) is 0 Å². The summed E-state index contributed by atoms with van der Waals surface area (Å²) in [5, 5.41) is 4.05. The van der Waals surface area contributed by atoms with Crippen LogP contribution in [0.25, 0.3) is 5.65 Å². The van der Waals surface area contributed by atoms with E-state index in [4.69, 9.17) is 0 Å². The Kier molecular flexibility index (Phi) is 3.34. The fourth-order valence-corrected chi connectivity index (χ4v) is 3.30. The second kappa shape index (κ2) is 5.14. The first-order chi connectivity index (χ1) is 9.26. The predicted molar refractivity (Wildman–Crippen MR) is 75.9 cm³/mol. The van der Waals surface area contributed by atoms with Crippen molar-refractivity contribution in [1.29, 1.82) is 0 Å². The molecule has 8 heteroatoms. The molecule has 0 radical (unpaired) electrons. The lowest BCUT2D eigenvalue weighted by Gasteiger charge is -2.06. The highest BCUT2D eigenvalue weighted by molar-refractivity contribution is 8.01. The summed E-state index contributed by atoms with van der Waals surface area (Å²) in [6, 6.07) is 0. The number of imidazole rings is 1. The van der Waals surface area contributed by atoms with Crippen molar-refractivity contribution in [1.82, 2.24) is 23.7 Å². The molecule has 0 saturated heterocycles. The first kappa shape index (κ1) is 12.4. The molecule has 0 aromatic carbocycles. The molecule has 3 aromatic rings. The molecule has 98 valence electrons. The maximum atomic E-state index is 4.57. The lowest BCUT2D eigenvalue weighted by atomic mass is 10.6. The molecule has 6 nitrogen and oxygen atoms in total. The maximum absolute atomic E-state index is 4.57. The Morgan fingerprint density at radius 1 is 1.42 bits per heavy atom. The Balaban J connectivity index is 2.02. The van der Waals surface area contributed by atoms with Crippen molar-refractivity contribution >= 4 is 34.8 Å². The van der Waals surface area contributed by atoms with Crippen LogP contribution in [-0.4, -0.2) is 30.3 Å². The van der Waals surface area contributed by atoms with Crippen molar-refractivity contribution in [3.63, 3.8) is 0 Å². The van der Waals surface area contributed by atoms with Crippen LogP contribution in [0.3, 0.4) is 0 Å². The highest BCUT2D eigenvalue weighted by atomic mass is 32.2. The fraction of sp³-hybridized carbons (Fsp3) is 0.273. The summed E-state index contributed by atoms with van der Waals surface area (Å²) < 4.78 is 7.02. The number of fused-ring (bicyclic) bond motifs is 1. The van der Waals surface area contributed by atoms with Gasteiger partial charge in [0.05, 0.1) is 6.20 Å². The minimum atomic E-state index is 0.787. The van der Waals surface area contributed by atoms with Crippen LogP contribution in [0.2, 0.25) is 0 Å². The van der Waals surface area contributed by atoms with E-state index in [-0.39, 0.29) is 0 Å². The number of rotatable bonds is 4. The SMILES string of the molecule is CCNc1cn2ccnc2c(Sc2nc(C)ns2)n1. The van der Waals surface area contributed by atoms with Gasteiger partial charge in [-0.05, 0) is 37.1 Å². The maximum Gasteiger partial charge on any atom is 0.176 e. The van der Waals surface area contributed by atoms with Crippen molar-refractivity contribution in [3.8, 4) is 0 Å². The molecule has 0 amide bonds. The molecule has 0 unspecified atom stereocenters. The highest BCUT2D eigenvalue weighted by Gasteiger charge is 2.11. The summed E-state index contributed by atoms with van der Waals surface area (Å²) in [7, 11) is 0. The fourth-order valence-electron chi connectivity index (χ4n) is 1.64. The molecule has 3 heterocycles. The number of hydrogen-bond donors (Lipinski definition) is 1. The van der Waals surface area contributed by atoms with Crippen LogP contribution in [0.4, 0.5) is 5.82 Å². The minimum absolute atomic E-state index is 0.787. The van der Waals surface area contributed by atoms with E-state index in [1.807, 2.05) is 30.6 Å². The van der Waals surface area contributed by atoms with E-state index in [9.17, 15) is 0 Å². The van der Waals surface area contributed by atoms with Crippen LogP contribution in [0.5, 0.6) is 0 Å². The van der Waals surface area contributed by atoms with Crippen molar-refractivity contribution in [2.75, 3.05) is 11.9 Å². The van der Waals surface area contributed by atoms with Gasteiger partial charge in [0.25, 0.3) is 0 Å². The molecule has 0 aliphatic rings. The van der Waals surface area contributed by atoms with Gasteiger partial charge in [-0.3, -0.25) is 0 Å². The van der Waals surface area contributed by atoms with E-state index in [1.54, 1.807) is 6.20 Å². The average Bonchev–Trinajstić information content (AvgIpc) is 2.99. The summed E-state index contributed by atoms with van der Waals surface area (Å²) in [6.07, 6.45) is 5.61. The molecule has 0 atom stereocenters. The number of nitrogens with one attached hydrogen (secondary N) is 1. The summed E-state index contributed by atoms with van der Waals surface area (Å²) >= 11 is 2.87. The molecule has 0 fully saturated rings. The van der Waals surface area contributed by atoms with Crippen LogP contribution in [-0.2, 0) is 0 Å². The van der Waals surface area contributed by atoms with Crippen molar-refractivity contribution in [3.05, 3.63) is 24.4 Å². The van der Waals surface area contributed by atoms with E-state index >= 15 is 0 Å². The van der Waals surface area contributed by atoms with Gasteiger partial charge >= 0.3 is 0 Å². The smallest absolute Gasteiger partial charge is 0.176 e. The zero-order valence-corrected chi connectivity index (χ0v) is 12.1. The molecule has 0 bridgehead atoms. The van der Waals surface area contributed by atoms with Gasteiger partial charge in [-0.2, -0.15) is 4.37 Å². The Labute approximate surface area is 118 Å². The number of anilines is 1. The molecule has 0 spiro atoms. The zero-order valence-electron chi connectivity index (χ0n) is 10.5. The van der Waals surface area contributed by atoms with Crippen molar-refractivity contribution in [2.45, 2.75) is 23.2 Å². The van der Waals surface area contributed by atoms with Crippen LogP contribution in [0.1, 0.15) is 12.7 Å². The molecular formula is C11H12N6S2. The van der Waals surface area contributed by atoms with Crippen LogP contribution in [0, 0.1) is 6.92 Å². The topological polar surface area (TPSA) is 68.0 Å². The highest BCUT2D eigenvalue weighted by Crippen LogP contribution is 2.30. The largest absolute Gasteiger partial charge is 0.369 e. The van der Waals surface area contributed by atoms with Gasteiger partial charge in [0.2, 0.25) is 0 Å². The standard InChI is InChI=1S/C11H12N6S2/c1-3-12-8-6-17-5-4-13-9(17)10(15-8)18-11-14-7(2)16-19-11/h4-6,12H,3H2,1-2H3. The molecule has 0 saturated carbocycles. The number of hydrogen-bond acceptors (Lipinski definition) is 7. The molecule has 3 aromatic heterocycles. The van der Waals surface area contributed by atoms with E-state index in [2.05, 4.69) is 24.6 Å². The zero-order chi connectivity index (χ0) is 13.2.